The summed E-state index contributed by atoms with van der Waals surface area (Å²) in [5, 5.41) is 9.67. The van der Waals surface area contributed by atoms with E-state index in [4.69, 9.17) is 0 Å². The molecule has 12 heavy (non-hydrogen) atoms. The number of pyridine rings is 1. The van der Waals surface area contributed by atoms with Crippen LogP contribution in [-0.2, 0) is 0 Å². The Kier molecular flexibility index (Phi) is 3.23. The standard InChI is InChI=1S/C10H15NO/c1-3-4-10(12)9-5-6-11-7-8(9)2/h5-7,10,12H,3-4H2,1-2H3/t10-/m0/s1. The number of aliphatic hydroxyl groups excluding tert-OH is 1. The van der Waals surface area contributed by atoms with Crippen LogP contribution in [0, 0.1) is 6.92 Å². The molecule has 1 aromatic heterocycles. The van der Waals surface area contributed by atoms with E-state index in [-0.39, 0.29) is 6.10 Å². The summed E-state index contributed by atoms with van der Waals surface area (Å²) in [7, 11) is 0. The number of hydrogen-bond acceptors (Lipinski definition) is 2. The second kappa shape index (κ2) is 4.21. The van der Waals surface area contributed by atoms with E-state index in [2.05, 4.69) is 11.9 Å². The molecular formula is C10H15NO. The molecule has 1 aromatic rings. The van der Waals surface area contributed by atoms with Crippen molar-refractivity contribution in [2.75, 3.05) is 0 Å². The summed E-state index contributed by atoms with van der Waals surface area (Å²) in [5.74, 6) is 0. The quantitative estimate of drug-likeness (QED) is 0.745. The zero-order valence-electron chi connectivity index (χ0n) is 7.62. The van der Waals surface area contributed by atoms with Gasteiger partial charge in [0.1, 0.15) is 0 Å². The first-order chi connectivity index (χ1) is 5.75. The van der Waals surface area contributed by atoms with Crippen molar-refractivity contribution in [1.29, 1.82) is 0 Å². The Hall–Kier alpha value is -0.890. The van der Waals surface area contributed by atoms with E-state index < -0.39 is 0 Å². The van der Waals surface area contributed by atoms with Crippen LogP contribution in [0.5, 0.6) is 0 Å². The Bertz CT molecular complexity index is 247. The van der Waals surface area contributed by atoms with Crippen LogP contribution in [-0.4, -0.2) is 10.1 Å². The fraction of sp³-hybridized carbons (Fsp3) is 0.500. The van der Waals surface area contributed by atoms with Crippen LogP contribution >= 0.6 is 0 Å². The molecule has 1 heterocycles. The maximum absolute atomic E-state index is 9.67. The normalized spacial score (nSPS) is 12.9. The van der Waals surface area contributed by atoms with Gasteiger partial charge in [-0.3, -0.25) is 4.98 Å². The zero-order chi connectivity index (χ0) is 8.97. The first-order valence-corrected chi connectivity index (χ1v) is 4.34. The van der Waals surface area contributed by atoms with Gasteiger partial charge in [-0.1, -0.05) is 13.3 Å². The first kappa shape index (κ1) is 9.20. The van der Waals surface area contributed by atoms with Gasteiger partial charge in [0.2, 0.25) is 0 Å². The Morgan fingerprint density at radius 1 is 1.58 bits per heavy atom. The average molecular weight is 165 g/mol. The molecule has 1 rings (SSSR count). The lowest BCUT2D eigenvalue weighted by atomic mass is 10.0. The fourth-order valence-electron chi connectivity index (χ4n) is 1.29. The maximum Gasteiger partial charge on any atom is 0.0793 e. The Balaban J connectivity index is 2.79. The number of aliphatic hydroxyl groups is 1. The van der Waals surface area contributed by atoms with Gasteiger partial charge in [0.05, 0.1) is 6.10 Å². The van der Waals surface area contributed by atoms with Crippen molar-refractivity contribution >= 4 is 0 Å². The highest BCUT2D eigenvalue weighted by molar-refractivity contribution is 5.23. The minimum absolute atomic E-state index is 0.321. The molecule has 0 unspecified atom stereocenters. The van der Waals surface area contributed by atoms with Gasteiger partial charge >= 0.3 is 0 Å². The highest BCUT2D eigenvalue weighted by Crippen LogP contribution is 2.20. The third-order valence-corrected chi connectivity index (χ3v) is 1.98. The molecule has 1 N–H and O–H groups in total. The minimum Gasteiger partial charge on any atom is -0.388 e. The van der Waals surface area contributed by atoms with E-state index in [0.717, 1.165) is 24.0 Å². The van der Waals surface area contributed by atoms with Crippen LogP contribution in [0.2, 0.25) is 0 Å². The molecule has 1 atom stereocenters. The van der Waals surface area contributed by atoms with Gasteiger partial charge in [-0.15, -0.1) is 0 Å². The van der Waals surface area contributed by atoms with Crippen molar-refractivity contribution < 1.29 is 5.11 Å². The first-order valence-electron chi connectivity index (χ1n) is 4.34. The molecule has 0 bridgehead atoms. The molecule has 0 saturated heterocycles. The van der Waals surface area contributed by atoms with Crippen molar-refractivity contribution in [3.05, 3.63) is 29.6 Å². The molecule has 0 spiro atoms. The Morgan fingerprint density at radius 2 is 2.33 bits per heavy atom. The SMILES string of the molecule is CCC[C@H](O)c1ccncc1C. The molecule has 0 aliphatic rings. The molecule has 0 amide bonds. The number of aromatic nitrogens is 1. The number of rotatable bonds is 3. The molecular weight excluding hydrogens is 150 g/mol. The van der Waals surface area contributed by atoms with E-state index in [9.17, 15) is 5.11 Å². The van der Waals surface area contributed by atoms with Gasteiger partial charge in [-0.25, -0.2) is 0 Å². The molecule has 2 heteroatoms. The Morgan fingerprint density at radius 3 is 2.92 bits per heavy atom. The monoisotopic (exact) mass is 165 g/mol. The van der Waals surface area contributed by atoms with E-state index >= 15 is 0 Å². The van der Waals surface area contributed by atoms with Crippen molar-refractivity contribution in [2.24, 2.45) is 0 Å². The topological polar surface area (TPSA) is 33.1 Å². The lowest BCUT2D eigenvalue weighted by Crippen LogP contribution is -1.99. The second-order valence-electron chi connectivity index (χ2n) is 3.04. The van der Waals surface area contributed by atoms with E-state index in [1.165, 1.54) is 0 Å². The van der Waals surface area contributed by atoms with Gasteiger partial charge in [0.25, 0.3) is 0 Å². The lowest BCUT2D eigenvalue weighted by Gasteiger charge is -2.11. The summed E-state index contributed by atoms with van der Waals surface area (Å²) in [6.45, 7) is 4.04. The van der Waals surface area contributed by atoms with Gasteiger partial charge in [0, 0.05) is 12.4 Å². The number of hydrogen-bond donors (Lipinski definition) is 1. The summed E-state index contributed by atoms with van der Waals surface area (Å²) in [4.78, 5) is 3.98. The average Bonchev–Trinajstić information content (AvgIpc) is 2.05. The molecule has 0 aliphatic heterocycles. The third kappa shape index (κ3) is 2.05. The largest absolute Gasteiger partial charge is 0.388 e. The summed E-state index contributed by atoms with van der Waals surface area (Å²) in [6, 6.07) is 1.88. The van der Waals surface area contributed by atoms with Crippen molar-refractivity contribution in [3.8, 4) is 0 Å². The minimum atomic E-state index is -0.321. The van der Waals surface area contributed by atoms with Crippen molar-refractivity contribution in [1.82, 2.24) is 4.98 Å². The highest BCUT2D eigenvalue weighted by atomic mass is 16.3. The predicted octanol–water partition coefficient (Wildman–Crippen LogP) is 2.22. The van der Waals surface area contributed by atoms with Crippen LogP contribution in [0.1, 0.15) is 37.0 Å². The fourth-order valence-corrected chi connectivity index (χ4v) is 1.29. The third-order valence-electron chi connectivity index (χ3n) is 1.98. The van der Waals surface area contributed by atoms with Gasteiger partial charge < -0.3 is 5.11 Å². The van der Waals surface area contributed by atoms with Crippen LogP contribution in [0.15, 0.2) is 18.5 Å². The molecule has 2 nitrogen and oxygen atoms in total. The molecule has 0 aromatic carbocycles. The van der Waals surface area contributed by atoms with E-state index in [1.807, 2.05) is 13.0 Å². The zero-order valence-corrected chi connectivity index (χ0v) is 7.62. The lowest BCUT2D eigenvalue weighted by molar-refractivity contribution is 0.165. The molecule has 0 radical (unpaired) electrons. The van der Waals surface area contributed by atoms with Crippen LogP contribution in [0.4, 0.5) is 0 Å². The van der Waals surface area contributed by atoms with Crippen molar-refractivity contribution in [2.45, 2.75) is 32.8 Å². The Labute approximate surface area is 73.3 Å². The van der Waals surface area contributed by atoms with Crippen molar-refractivity contribution in [3.63, 3.8) is 0 Å². The molecule has 66 valence electrons. The summed E-state index contributed by atoms with van der Waals surface area (Å²) in [5.41, 5.74) is 2.07. The van der Waals surface area contributed by atoms with Crippen LogP contribution in [0.25, 0.3) is 0 Å². The highest BCUT2D eigenvalue weighted by Gasteiger charge is 2.07. The van der Waals surface area contributed by atoms with E-state index in [1.54, 1.807) is 12.4 Å². The van der Waals surface area contributed by atoms with Gasteiger partial charge in [0.15, 0.2) is 0 Å². The van der Waals surface area contributed by atoms with E-state index in [0.29, 0.717) is 0 Å². The van der Waals surface area contributed by atoms with Crippen LogP contribution < -0.4 is 0 Å². The maximum atomic E-state index is 9.67. The van der Waals surface area contributed by atoms with Gasteiger partial charge in [-0.05, 0) is 30.5 Å². The molecule has 0 aliphatic carbocycles. The number of nitrogens with zero attached hydrogens (tertiary/aromatic N) is 1. The summed E-state index contributed by atoms with van der Waals surface area (Å²) >= 11 is 0. The van der Waals surface area contributed by atoms with Crippen LogP contribution in [0.3, 0.4) is 0 Å². The van der Waals surface area contributed by atoms with Gasteiger partial charge in [-0.2, -0.15) is 0 Å². The summed E-state index contributed by atoms with van der Waals surface area (Å²) < 4.78 is 0. The molecule has 0 saturated carbocycles. The summed E-state index contributed by atoms with van der Waals surface area (Å²) in [6.07, 6.45) is 5.02. The predicted molar refractivity (Wildman–Crippen MR) is 48.8 cm³/mol. The second-order valence-corrected chi connectivity index (χ2v) is 3.04. The molecule has 0 fully saturated rings. The smallest absolute Gasteiger partial charge is 0.0793 e. The number of aryl methyl sites for hydroxylation is 1.